The first kappa shape index (κ1) is 17.2. The largest absolute Gasteiger partial charge is 0.497 e. The maximum absolute atomic E-state index is 12.6. The molecule has 0 saturated carbocycles. The lowest BCUT2D eigenvalue weighted by Crippen LogP contribution is -2.00. The number of ether oxygens (including phenoxy) is 1. The molecule has 0 amide bonds. The highest BCUT2D eigenvalue weighted by atomic mass is 79.9. The summed E-state index contributed by atoms with van der Waals surface area (Å²) in [5.74, 6) is 0.497. The van der Waals surface area contributed by atoms with Gasteiger partial charge in [-0.1, -0.05) is 0 Å². The van der Waals surface area contributed by atoms with E-state index >= 15 is 0 Å². The third-order valence-corrected chi connectivity index (χ3v) is 5.43. The van der Waals surface area contributed by atoms with Crippen molar-refractivity contribution in [2.75, 3.05) is 7.11 Å². The lowest BCUT2D eigenvalue weighted by atomic mass is 10.1. The first-order valence-corrected chi connectivity index (χ1v) is 8.66. The maximum atomic E-state index is 12.6. The molecule has 0 N–H and O–H groups in total. The van der Waals surface area contributed by atoms with Gasteiger partial charge in [-0.05, 0) is 63.9 Å². The second-order valence-corrected chi connectivity index (χ2v) is 6.60. The minimum absolute atomic E-state index is 0.0566. The first-order valence-electron chi connectivity index (χ1n) is 7.10. The predicted octanol–water partition coefficient (Wildman–Crippen LogP) is 4.72. The molecule has 0 saturated heterocycles. The number of nitrogens with zero attached hydrogens (tertiary/aromatic N) is 2. The van der Waals surface area contributed by atoms with Crippen LogP contribution in [0, 0.1) is 10.1 Å². The quantitative estimate of drug-likeness (QED) is 0.340. The molecule has 0 spiro atoms. The van der Waals surface area contributed by atoms with Crippen molar-refractivity contribution in [3.8, 4) is 17.0 Å². The molecule has 0 aliphatic rings. The minimum Gasteiger partial charge on any atom is -0.497 e. The lowest BCUT2D eigenvalue weighted by molar-refractivity contribution is -0.384. The van der Waals surface area contributed by atoms with Crippen LogP contribution in [0.3, 0.4) is 0 Å². The van der Waals surface area contributed by atoms with Crippen LogP contribution < -0.4 is 4.74 Å². The van der Waals surface area contributed by atoms with E-state index in [4.69, 9.17) is 4.74 Å². The molecule has 2 aromatic carbocycles. The van der Waals surface area contributed by atoms with Gasteiger partial charge in [0, 0.05) is 23.3 Å². The first-order chi connectivity index (χ1) is 12.0. The standard InChI is InChI=1S/C17H11BrN2O4S/c1-24-13-8-4-10(5-9-13)15-14(18)17(25-19-15)16(21)11-2-6-12(7-3-11)20(22)23/h2-9H,1H3. The summed E-state index contributed by atoms with van der Waals surface area (Å²) in [6.07, 6.45) is 0. The van der Waals surface area contributed by atoms with Crippen LogP contribution in [-0.4, -0.2) is 22.2 Å². The second kappa shape index (κ2) is 7.12. The highest BCUT2D eigenvalue weighted by Crippen LogP contribution is 2.35. The van der Waals surface area contributed by atoms with Crippen molar-refractivity contribution in [2.24, 2.45) is 0 Å². The van der Waals surface area contributed by atoms with Crippen LogP contribution in [0.5, 0.6) is 5.75 Å². The molecule has 0 atom stereocenters. The summed E-state index contributed by atoms with van der Waals surface area (Å²) in [6.45, 7) is 0. The number of rotatable bonds is 5. The van der Waals surface area contributed by atoms with Crippen molar-refractivity contribution < 1.29 is 14.5 Å². The number of hydrogen-bond acceptors (Lipinski definition) is 6. The van der Waals surface area contributed by atoms with Gasteiger partial charge in [0.05, 0.1) is 22.2 Å². The van der Waals surface area contributed by atoms with Crippen molar-refractivity contribution in [1.29, 1.82) is 0 Å². The van der Waals surface area contributed by atoms with Gasteiger partial charge in [0.2, 0.25) is 5.78 Å². The van der Waals surface area contributed by atoms with Gasteiger partial charge in [0.1, 0.15) is 10.6 Å². The highest BCUT2D eigenvalue weighted by molar-refractivity contribution is 9.10. The van der Waals surface area contributed by atoms with Gasteiger partial charge in [-0.3, -0.25) is 14.9 Å². The van der Waals surface area contributed by atoms with Crippen LogP contribution in [0.2, 0.25) is 0 Å². The minimum atomic E-state index is -0.501. The number of benzene rings is 2. The van der Waals surface area contributed by atoms with Gasteiger partial charge < -0.3 is 4.74 Å². The third kappa shape index (κ3) is 3.45. The molecule has 0 radical (unpaired) electrons. The number of nitro benzene ring substituents is 1. The number of methoxy groups -OCH3 is 1. The predicted molar refractivity (Wildman–Crippen MR) is 98.3 cm³/mol. The van der Waals surface area contributed by atoms with Gasteiger partial charge >= 0.3 is 0 Å². The van der Waals surface area contributed by atoms with Crippen LogP contribution in [-0.2, 0) is 0 Å². The Morgan fingerprint density at radius 1 is 1.16 bits per heavy atom. The van der Waals surface area contributed by atoms with Crippen LogP contribution in [0.25, 0.3) is 11.3 Å². The summed E-state index contributed by atoms with van der Waals surface area (Å²) in [4.78, 5) is 23.3. The Bertz CT molecular complexity index is 936. The number of nitro groups is 1. The highest BCUT2D eigenvalue weighted by Gasteiger charge is 2.21. The zero-order chi connectivity index (χ0) is 18.0. The molecule has 126 valence electrons. The smallest absolute Gasteiger partial charge is 0.269 e. The van der Waals surface area contributed by atoms with E-state index in [-0.39, 0.29) is 11.5 Å². The molecule has 8 heteroatoms. The van der Waals surface area contributed by atoms with Crippen molar-refractivity contribution in [2.45, 2.75) is 0 Å². The number of non-ortho nitro benzene ring substituents is 1. The molecular weight excluding hydrogens is 408 g/mol. The fraction of sp³-hybridized carbons (Fsp3) is 0.0588. The van der Waals surface area contributed by atoms with Crippen LogP contribution >= 0.6 is 27.5 Å². The third-order valence-electron chi connectivity index (χ3n) is 3.55. The number of aromatic nitrogens is 1. The van der Waals surface area contributed by atoms with Gasteiger partial charge in [-0.25, -0.2) is 0 Å². The average Bonchev–Trinajstić information content (AvgIpc) is 3.02. The van der Waals surface area contributed by atoms with E-state index in [1.54, 1.807) is 7.11 Å². The fourth-order valence-electron chi connectivity index (χ4n) is 2.21. The molecule has 1 heterocycles. The Morgan fingerprint density at radius 2 is 1.80 bits per heavy atom. The Hall–Kier alpha value is -2.58. The summed E-state index contributed by atoms with van der Waals surface area (Å²) in [5.41, 5.74) is 1.83. The van der Waals surface area contributed by atoms with E-state index < -0.39 is 4.92 Å². The molecule has 6 nitrogen and oxygen atoms in total. The van der Waals surface area contributed by atoms with E-state index in [1.165, 1.54) is 24.3 Å². The Kier molecular flexibility index (Phi) is 4.91. The second-order valence-electron chi connectivity index (χ2n) is 5.04. The molecule has 3 aromatic rings. The molecule has 3 rings (SSSR count). The zero-order valence-electron chi connectivity index (χ0n) is 12.9. The van der Waals surface area contributed by atoms with Gasteiger partial charge in [0.25, 0.3) is 5.69 Å². The van der Waals surface area contributed by atoms with Crippen molar-refractivity contribution >= 4 is 38.9 Å². The van der Waals surface area contributed by atoms with E-state index in [2.05, 4.69) is 20.3 Å². The monoisotopic (exact) mass is 418 g/mol. The molecular formula is C17H11BrN2O4S. The molecule has 0 fully saturated rings. The van der Waals surface area contributed by atoms with Crippen molar-refractivity contribution in [3.05, 3.63) is 73.6 Å². The maximum Gasteiger partial charge on any atom is 0.269 e. The average molecular weight is 419 g/mol. The summed E-state index contributed by atoms with van der Waals surface area (Å²) in [7, 11) is 1.59. The number of hydrogen-bond donors (Lipinski definition) is 0. The molecule has 0 bridgehead atoms. The number of ketones is 1. The summed E-state index contributed by atoms with van der Waals surface area (Å²) < 4.78 is 10.1. The molecule has 25 heavy (non-hydrogen) atoms. The summed E-state index contributed by atoms with van der Waals surface area (Å²) >= 11 is 4.53. The van der Waals surface area contributed by atoms with Crippen LogP contribution in [0.1, 0.15) is 15.2 Å². The topological polar surface area (TPSA) is 82.3 Å². The summed E-state index contributed by atoms with van der Waals surface area (Å²) in [5, 5.41) is 10.7. The van der Waals surface area contributed by atoms with E-state index in [1.807, 2.05) is 24.3 Å². The normalized spacial score (nSPS) is 10.5. The molecule has 0 aliphatic heterocycles. The van der Waals surface area contributed by atoms with Crippen LogP contribution in [0.4, 0.5) is 5.69 Å². The zero-order valence-corrected chi connectivity index (χ0v) is 15.3. The summed E-state index contributed by atoms with van der Waals surface area (Å²) in [6, 6.07) is 12.9. The van der Waals surface area contributed by atoms with Gasteiger partial charge in [0.15, 0.2) is 0 Å². The van der Waals surface area contributed by atoms with E-state index in [0.717, 1.165) is 22.8 Å². The lowest BCUT2D eigenvalue weighted by Gasteiger charge is -2.02. The van der Waals surface area contributed by atoms with Crippen molar-refractivity contribution in [1.82, 2.24) is 4.37 Å². The van der Waals surface area contributed by atoms with Crippen LogP contribution in [0.15, 0.2) is 53.0 Å². The molecule has 0 unspecified atom stereocenters. The fourth-order valence-corrected chi connectivity index (χ4v) is 3.80. The Morgan fingerprint density at radius 3 is 2.36 bits per heavy atom. The van der Waals surface area contributed by atoms with Gasteiger partial charge in [-0.15, -0.1) is 0 Å². The molecule has 1 aromatic heterocycles. The number of carbonyl (C=O) groups is 1. The number of halogens is 1. The Balaban J connectivity index is 1.91. The van der Waals surface area contributed by atoms with Gasteiger partial charge in [-0.2, -0.15) is 4.37 Å². The molecule has 0 aliphatic carbocycles. The SMILES string of the molecule is COc1ccc(-c2nsc(C(=O)c3ccc([N+](=O)[O-])cc3)c2Br)cc1. The van der Waals surface area contributed by atoms with E-state index in [9.17, 15) is 14.9 Å². The Labute approximate surface area is 155 Å². The van der Waals surface area contributed by atoms with E-state index in [0.29, 0.717) is 20.6 Å². The van der Waals surface area contributed by atoms with Crippen molar-refractivity contribution in [3.63, 3.8) is 0 Å². The number of carbonyl (C=O) groups excluding carboxylic acids is 1.